The molecule has 2 nitrogen and oxygen atoms in total. The fourth-order valence-corrected chi connectivity index (χ4v) is 1.78. The Hall–Kier alpha value is -2.01. The number of aldehydes is 1. The summed E-state index contributed by atoms with van der Waals surface area (Å²) in [7, 11) is 0. The fourth-order valence-electron chi connectivity index (χ4n) is 1.60. The average molecular weight is 301 g/mol. The van der Waals surface area contributed by atoms with E-state index < -0.39 is 17.3 Å². The van der Waals surface area contributed by atoms with Crippen LogP contribution in [0.4, 0.5) is 13.2 Å². The van der Waals surface area contributed by atoms with E-state index in [1.165, 1.54) is 12.1 Å². The van der Waals surface area contributed by atoms with Crippen molar-refractivity contribution in [1.29, 1.82) is 0 Å². The predicted molar refractivity (Wildman–Crippen MR) is 68.4 cm³/mol. The van der Waals surface area contributed by atoms with Gasteiger partial charge in [0.2, 0.25) is 0 Å². The van der Waals surface area contributed by atoms with Crippen LogP contribution in [0.1, 0.15) is 15.9 Å². The largest absolute Gasteiger partial charge is 0.456 e. The second-order valence-corrected chi connectivity index (χ2v) is 4.30. The summed E-state index contributed by atoms with van der Waals surface area (Å²) in [6.45, 7) is 0. The zero-order chi connectivity index (χ0) is 14.8. The van der Waals surface area contributed by atoms with Crippen molar-refractivity contribution >= 4 is 17.9 Å². The van der Waals surface area contributed by atoms with Crippen LogP contribution in [0.15, 0.2) is 42.5 Å². The normalized spacial score (nSPS) is 11.2. The van der Waals surface area contributed by atoms with E-state index in [4.69, 9.17) is 16.3 Å². The van der Waals surface area contributed by atoms with Gasteiger partial charge >= 0.3 is 6.18 Å². The Labute approximate surface area is 117 Å². The number of halogens is 4. The molecule has 0 aliphatic rings. The van der Waals surface area contributed by atoms with Crippen LogP contribution in [0.3, 0.4) is 0 Å². The van der Waals surface area contributed by atoms with Gasteiger partial charge in [0.05, 0.1) is 10.6 Å². The van der Waals surface area contributed by atoms with Crippen molar-refractivity contribution < 1.29 is 22.7 Å². The first-order valence-electron chi connectivity index (χ1n) is 5.50. The molecule has 2 aromatic rings. The predicted octanol–water partition coefficient (Wildman–Crippen LogP) is 4.96. The number of alkyl halides is 3. The van der Waals surface area contributed by atoms with Gasteiger partial charge in [0, 0.05) is 5.56 Å². The Morgan fingerprint density at radius 2 is 1.80 bits per heavy atom. The third-order valence-electron chi connectivity index (χ3n) is 2.52. The van der Waals surface area contributed by atoms with Crippen LogP contribution in [0, 0.1) is 0 Å². The Bertz CT molecular complexity index is 639. The van der Waals surface area contributed by atoms with E-state index in [0.717, 1.165) is 12.1 Å². The zero-order valence-corrected chi connectivity index (χ0v) is 10.7. The first-order valence-corrected chi connectivity index (χ1v) is 5.88. The number of hydrogen-bond donors (Lipinski definition) is 0. The molecule has 0 saturated heterocycles. The zero-order valence-electron chi connectivity index (χ0n) is 9.95. The van der Waals surface area contributed by atoms with Gasteiger partial charge in [0.25, 0.3) is 0 Å². The molecule has 0 saturated carbocycles. The minimum atomic E-state index is -4.63. The molecule has 0 aliphatic carbocycles. The first kappa shape index (κ1) is 14.4. The number of carbonyl (C=O) groups excluding carboxylic acids is 1. The van der Waals surface area contributed by atoms with Crippen molar-refractivity contribution in [2.75, 3.05) is 0 Å². The minimum Gasteiger partial charge on any atom is -0.456 e. The molecule has 0 atom stereocenters. The highest BCUT2D eigenvalue weighted by molar-refractivity contribution is 6.32. The lowest BCUT2D eigenvalue weighted by atomic mass is 10.1. The number of benzene rings is 2. The van der Waals surface area contributed by atoms with Gasteiger partial charge in [-0.05, 0) is 30.3 Å². The molecule has 0 bridgehead atoms. The van der Waals surface area contributed by atoms with Gasteiger partial charge in [-0.15, -0.1) is 0 Å². The summed E-state index contributed by atoms with van der Waals surface area (Å²) < 4.78 is 43.7. The van der Waals surface area contributed by atoms with E-state index in [2.05, 4.69) is 0 Å². The van der Waals surface area contributed by atoms with Crippen molar-refractivity contribution in [2.45, 2.75) is 6.18 Å². The van der Waals surface area contributed by atoms with E-state index in [9.17, 15) is 18.0 Å². The average Bonchev–Trinajstić information content (AvgIpc) is 2.40. The first-order chi connectivity index (χ1) is 9.41. The minimum absolute atomic E-state index is 0.0453. The van der Waals surface area contributed by atoms with Gasteiger partial charge in [-0.3, -0.25) is 4.79 Å². The lowest BCUT2D eigenvalue weighted by Crippen LogP contribution is -2.09. The molecule has 0 amide bonds. The molecular formula is C14H8ClF3O2. The van der Waals surface area contributed by atoms with E-state index in [0.29, 0.717) is 0 Å². The summed E-state index contributed by atoms with van der Waals surface area (Å²) in [6.07, 6.45) is -4.47. The smallest absolute Gasteiger partial charge is 0.417 e. The fraction of sp³-hybridized carbons (Fsp3) is 0.0714. The molecule has 2 aromatic carbocycles. The van der Waals surface area contributed by atoms with Crippen LogP contribution < -0.4 is 4.74 Å². The summed E-state index contributed by atoms with van der Waals surface area (Å²) in [4.78, 5) is 10.6. The van der Waals surface area contributed by atoms with Crippen molar-refractivity contribution in [3.63, 3.8) is 0 Å². The Morgan fingerprint density at radius 1 is 1.10 bits per heavy atom. The van der Waals surface area contributed by atoms with E-state index in [1.54, 1.807) is 18.2 Å². The monoisotopic (exact) mass is 300 g/mol. The van der Waals surface area contributed by atoms with Gasteiger partial charge in [0.1, 0.15) is 11.5 Å². The van der Waals surface area contributed by atoms with Crippen LogP contribution in [0.25, 0.3) is 0 Å². The SMILES string of the molecule is O=Cc1ccc(Oc2ccccc2Cl)cc1C(F)(F)F. The highest BCUT2D eigenvalue weighted by atomic mass is 35.5. The van der Waals surface area contributed by atoms with Crippen molar-refractivity contribution in [3.8, 4) is 11.5 Å². The molecule has 0 N–H and O–H groups in total. The highest BCUT2D eigenvalue weighted by Gasteiger charge is 2.33. The van der Waals surface area contributed by atoms with E-state index in [-0.39, 0.29) is 22.8 Å². The molecule has 0 heterocycles. The lowest BCUT2D eigenvalue weighted by Gasteiger charge is -2.12. The molecule has 0 spiro atoms. The molecule has 0 aliphatic heterocycles. The van der Waals surface area contributed by atoms with Crippen LogP contribution in [0.2, 0.25) is 5.02 Å². The van der Waals surface area contributed by atoms with Gasteiger partial charge in [0.15, 0.2) is 6.29 Å². The Kier molecular flexibility index (Phi) is 3.99. The molecule has 0 aromatic heterocycles. The topological polar surface area (TPSA) is 26.3 Å². The maximum absolute atomic E-state index is 12.8. The van der Waals surface area contributed by atoms with E-state index >= 15 is 0 Å². The molecule has 0 unspecified atom stereocenters. The summed E-state index contributed by atoms with van der Waals surface area (Å²) in [5, 5.41) is 0.278. The summed E-state index contributed by atoms with van der Waals surface area (Å²) >= 11 is 5.86. The second kappa shape index (κ2) is 5.54. The third kappa shape index (κ3) is 3.11. The Morgan fingerprint density at radius 3 is 2.40 bits per heavy atom. The van der Waals surface area contributed by atoms with Crippen molar-refractivity contribution in [3.05, 3.63) is 58.6 Å². The van der Waals surface area contributed by atoms with E-state index in [1.807, 2.05) is 0 Å². The van der Waals surface area contributed by atoms with Gasteiger partial charge in [-0.25, -0.2) is 0 Å². The summed E-state index contributed by atoms with van der Waals surface area (Å²) in [5.41, 5.74) is -1.49. The maximum atomic E-state index is 12.8. The summed E-state index contributed by atoms with van der Waals surface area (Å²) in [6, 6.07) is 9.51. The number of para-hydroxylation sites is 1. The molecule has 0 fully saturated rings. The molecule has 2 rings (SSSR count). The molecule has 0 radical (unpaired) electrons. The van der Waals surface area contributed by atoms with Gasteiger partial charge in [-0.1, -0.05) is 23.7 Å². The van der Waals surface area contributed by atoms with Crippen LogP contribution in [-0.4, -0.2) is 6.29 Å². The number of hydrogen-bond acceptors (Lipinski definition) is 2. The van der Waals surface area contributed by atoms with Gasteiger partial charge in [-0.2, -0.15) is 13.2 Å². The van der Waals surface area contributed by atoms with Crippen molar-refractivity contribution in [1.82, 2.24) is 0 Å². The van der Waals surface area contributed by atoms with Gasteiger partial charge < -0.3 is 4.74 Å². The van der Waals surface area contributed by atoms with Crippen LogP contribution >= 0.6 is 11.6 Å². The van der Waals surface area contributed by atoms with Crippen LogP contribution in [0.5, 0.6) is 11.5 Å². The highest BCUT2D eigenvalue weighted by Crippen LogP contribution is 2.36. The van der Waals surface area contributed by atoms with Crippen molar-refractivity contribution in [2.24, 2.45) is 0 Å². The number of rotatable bonds is 3. The summed E-state index contributed by atoms with van der Waals surface area (Å²) in [5.74, 6) is 0.192. The Balaban J connectivity index is 2.40. The third-order valence-corrected chi connectivity index (χ3v) is 2.83. The number of ether oxygens (including phenoxy) is 1. The second-order valence-electron chi connectivity index (χ2n) is 3.90. The lowest BCUT2D eigenvalue weighted by molar-refractivity contribution is -0.137. The van der Waals surface area contributed by atoms with Crippen LogP contribution in [-0.2, 0) is 6.18 Å². The number of carbonyl (C=O) groups is 1. The molecule has 20 heavy (non-hydrogen) atoms. The standard InChI is InChI=1S/C14H8ClF3O2/c15-12-3-1-2-4-13(12)20-10-6-5-9(8-19)11(7-10)14(16,17)18/h1-8H. The molecule has 104 valence electrons. The maximum Gasteiger partial charge on any atom is 0.417 e. The molecular weight excluding hydrogens is 293 g/mol. The quantitative estimate of drug-likeness (QED) is 0.749. The molecule has 6 heteroatoms.